The first kappa shape index (κ1) is 42.1. The van der Waals surface area contributed by atoms with Crippen LogP contribution < -0.4 is 51.4 Å². The van der Waals surface area contributed by atoms with Gasteiger partial charge in [-0.2, -0.15) is 10.5 Å². The van der Waals surface area contributed by atoms with Crippen molar-refractivity contribution in [2.75, 3.05) is 31.5 Å². The molecule has 254 valence electrons. The fraction of sp³-hybridized carbons (Fsp3) is 0.529. The summed E-state index contributed by atoms with van der Waals surface area (Å²) in [6.07, 6.45) is -1.75. The number of benzene rings is 2. The monoisotopic (exact) mass is 756 g/mol. The molecule has 0 aromatic heterocycles. The maximum absolute atomic E-state index is 13.0. The van der Waals surface area contributed by atoms with E-state index in [4.69, 9.17) is 20.0 Å². The topological polar surface area (TPSA) is 107 Å². The van der Waals surface area contributed by atoms with Crippen LogP contribution in [0.5, 0.6) is 0 Å². The number of rotatable bonds is 5. The molecular weight excluding hydrogens is 715 g/mol. The average Bonchev–Trinajstić information content (AvgIpc) is 3.60. The summed E-state index contributed by atoms with van der Waals surface area (Å²) >= 11 is 3.55. The van der Waals surface area contributed by atoms with Gasteiger partial charge in [-0.1, -0.05) is 46.5 Å². The summed E-state index contributed by atoms with van der Waals surface area (Å²) < 4.78 is 49.8. The van der Waals surface area contributed by atoms with Gasteiger partial charge >= 0.3 is 70.5 Å². The van der Waals surface area contributed by atoms with Crippen LogP contribution in [0, 0.1) is 34.5 Å². The number of alkyl halides is 1. The Morgan fingerprint density at radius 2 is 1.10 bits per heavy atom. The maximum Gasteiger partial charge on any atom is 1.00 e. The van der Waals surface area contributed by atoms with Crippen molar-refractivity contribution in [2.24, 2.45) is 11.8 Å². The molecular formula is C34H42BBrF3KN4O4. The second-order valence-corrected chi connectivity index (χ2v) is 14.7. The van der Waals surface area contributed by atoms with Crippen LogP contribution in [0.1, 0.15) is 75.6 Å². The normalized spacial score (nSPS) is 20.8. The van der Waals surface area contributed by atoms with Crippen LogP contribution >= 0.6 is 15.9 Å². The molecule has 2 aliphatic heterocycles. The predicted octanol–water partition coefficient (Wildman–Crippen LogP) is 5.26. The van der Waals surface area contributed by atoms with Gasteiger partial charge in [0.25, 0.3) is 0 Å². The SMILES string of the molecule is CC(C)(C)OC(=O)N1C[C@@H](CBr)[C@H](c2ccc(C#N)cc2)C1.CC(C)(C)OC(=O)N1C[C@@H](C[B-](F)(F)F)[C@H](c2ccc(C#N)cc2)C1.[K+]. The van der Waals surface area contributed by atoms with Gasteiger partial charge in [0.05, 0.1) is 23.3 Å². The molecule has 0 radical (unpaired) electrons. The van der Waals surface area contributed by atoms with E-state index >= 15 is 0 Å². The van der Waals surface area contributed by atoms with Gasteiger partial charge in [-0.15, -0.1) is 0 Å². The summed E-state index contributed by atoms with van der Waals surface area (Å²) in [4.78, 5) is 27.6. The first-order valence-electron chi connectivity index (χ1n) is 15.6. The van der Waals surface area contributed by atoms with E-state index < -0.39 is 42.4 Å². The molecule has 14 heteroatoms. The number of carbonyl (C=O) groups excluding carboxylic acids is 2. The van der Waals surface area contributed by atoms with E-state index in [1.165, 1.54) is 4.90 Å². The fourth-order valence-electron chi connectivity index (χ4n) is 5.80. The first-order chi connectivity index (χ1) is 21.8. The second-order valence-electron chi connectivity index (χ2n) is 14.1. The van der Waals surface area contributed by atoms with E-state index in [1.54, 1.807) is 49.9 Å². The Labute approximate surface area is 332 Å². The molecule has 4 rings (SSSR count). The zero-order chi connectivity index (χ0) is 35.2. The quantitative estimate of drug-likeness (QED) is 0.305. The third kappa shape index (κ3) is 13.0. The Morgan fingerprint density at radius 3 is 1.42 bits per heavy atom. The minimum atomic E-state index is -4.96. The summed E-state index contributed by atoms with van der Waals surface area (Å²) in [6.45, 7) is 7.35. The van der Waals surface area contributed by atoms with E-state index in [9.17, 15) is 22.5 Å². The Bertz CT molecular complexity index is 1470. The van der Waals surface area contributed by atoms with E-state index in [0.29, 0.717) is 35.7 Å². The summed E-state index contributed by atoms with van der Waals surface area (Å²) in [6, 6.07) is 18.2. The number of nitrogens with zero attached hydrogens (tertiary/aromatic N) is 4. The average molecular weight is 758 g/mol. The smallest absolute Gasteiger partial charge is 0.449 e. The van der Waals surface area contributed by atoms with Crippen LogP contribution in [0.25, 0.3) is 0 Å². The molecule has 0 N–H and O–H groups in total. The molecule has 0 bridgehead atoms. The van der Waals surface area contributed by atoms with E-state index in [2.05, 4.69) is 22.0 Å². The van der Waals surface area contributed by atoms with Crippen molar-refractivity contribution in [3.63, 3.8) is 0 Å². The number of carbonyl (C=O) groups is 2. The van der Waals surface area contributed by atoms with Crippen molar-refractivity contribution in [1.29, 1.82) is 10.5 Å². The van der Waals surface area contributed by atoms with Crippen LogP contribution in [0.15, 0.2) is 48.5 Å². The molecule has 2 aliphatic rings. The van der Waals surface area contributed by atoms with Crippen LogP contribution in [-0.4, -0.2) is 71.7 Å². The molecule has 0 saturated carbocycles. The number of ether oxygens (including phenoxy) is 2. The summed E-state index contributed by atoms with van der Waals surface area (Å²) in [5.74, 6) is -0.524. The summed E-state index contributed by atoms with van der Waals surface area (Å²) in [5.41, 5.74) is 1.79. The molecule has 8 nitrogen and oxygen atoms in total. The van der Waals surface area contributed by atoms with Crippen molar-refractivity contribution in [3.8, 4) is 12.1 Å². The molecule has 4 atom stereocenters. The summed E-state index contributed by atoms with van der Waals surface area (Å²) in [5, 5.41) is 18.6. The number of hydrogen-bond acceptors (Lipinski definition) is 6. The predicted molar refractivity (Wildman–Crippen MR) is 178 cm³/mol. The van der Waals surface area contributed by atoms with Crippen LogP contribution in [0.2, 0.25) is 6.32 Å². The van der Waals surface area contributed by atoms with Gasteiger partial charge in [-0.25, -0.2) is 9.59 Å². The number of halogens is 4. The number of hydrogen-bond donors (Lipinski definition) is 0. The second kappa shape index (κ2) is 17.7. The maximum atomic E-state index is 13.0. The molecule has 2 amide bonds. The third-order valence-corrected chi connectivity index (χ3v) is 8.72. The fourth-order valence-corrected chi connectivity index (χ4v) is 6.45. The van der Waals surface area contributed by atoms with E-state index in [0.717, 1.165) is 10.9 Å². The van der Waals surface area contributed by atoms with Crippen molar-refractivity contribution in [1.82, 2.24) is 9.80 Å². The number of nitriles is 2. The van der Waals surface area contributed by atoms with Crippen molar-refractivity contribution in [2.45, 2.75) is 70.9 Å². The number of amides is 2. The molecule has 0 aliphatic carbocycles. The molecule has 0 spiro atoms. The Hall–Kier alpha value is -2.07. The Balaban J connectivity index is 0.000000329. The molecule has 0 unspecified atom stereocenters. The molecule has 2 aromatic carbocycles. The van der Waals surface area contributed by atoms with Gasteiger partial charge in [0, 0.05) is 43.3 Å². The van der Waals surface area contributed by atoms with Gasteiger partial charge in [0.2, 0.25) is 0 Å². The Kier molecular flexibility index (Phi) is 15.6. The van der Waals surface area contributed by atoms with Crippen LogP contribution in [0.4, 0.5) is 22.5 Å². The molecule has 2 saturated heterocycles. The van der Waals surface area contributed by atoms with Crippen LogP contribution in [0.3, 0.4) is 0 Å². The molecule has 2 aromatic rings. The van der Waals surface area contributed by atoms with Crippen LogP contribution in [-0.2, 0) is 9.47 Å². The largest absolute Gasteiger partial charge is 1.00 e. The summed E-state index contributed by atoms with van der Waals surface area (Å²) in [7, 11) is 0. The zero-order valence-corrected chi connectivity index (χ0v) is 33.4. The van der Waals surface area contributed by atoms with Crippen molar-refractivity contribution < 1.29 is 83.4 Å². The Morgan fingerprint density at radius 1 is 0.750 bits per heavy atom. The van der Waals surface area contributed by atoms with Gasteiger partial charge in [-0.3, -0.25) is 0 Å². The standard InChI is InChI=1S/C17H21BF3N2O2.C17H21BrN2O2.K/c1-17(2,3)25-16(24)23-10-14(8-18(19,20)21)15(11-23)13-6-4-12(9-22)5-7-13;1-17(2,3)22-16(21)20-10-14(8-18)15(11-20)13-6-4-12(9-19)5-7-13;/h4-7,14-15H,8,10-11H2,1-3H3;4-7,14-15H,8,10-11H2,1-3H3;/q-1;;+1/t2*14-,15+;/m11./s1. The van der Waals surface area contributed by atoms with Gasteiger partial charge in [0.1, 0.15) is 11.2 Å². The minimum Gasteiger partial charge on any atom is -0.449 e. The third-order valence-electron chi connectivity index (χ3n) is 7.89. The zero-order valence-electron chi connectivity index (χ0n) is 28.7. The van der Waals surface area contributed by atoms with E-state index in [1.807, 2.05) is 51.1 Å². The van der Waals surface area contributed by atoms with E-state index in [-0.39, 0.29) is 76.5 Å². The first-order valence-corrected chi connectivity index (χ1v) is 16.7. The molecule has 2 fully saturated rings. The van der Waals surface area contributed by atoms with Gasteiger partial charge < -0.3 is 32.2 Å². The van der Waals surface area contributed by atoms with Crippen molar-refractivity contribution >= 4 is 35.1 Å². The van der Waals surface area contributed by atoms with Gasteiger partial charge in [-0.05, 0) is 88.8 Å². The molecule has 48 heavy (non-hydrogen) atoms. The van der Waals surface area contributed by atoms with Gasteiger partial charge in [0.15, 0.2) is 0 Å². The number of likely N-dealkylation sites (tertiary alicyclic amines) is 2. The van der Waals surface area contributed by atoms with Crippen molar-refractivity contribution in [3.05, 3.63) is 70.8 Å². The minimum absolute atomic E-state index is 0. The molecule has 2 heterocycles.